The number of amides is 1. The zero-order chi connectivity index (χ0) is 14.8. The molecule has 1 aromatic carbocycles. The Bertz CT molecular complexity index is 501. The fourth-order valence-corrected chi connectivity index (χ4v) is 1.96. The molecule has 1 aliphatic rings. The van der Waals surface area contributed by atoms with Crippen molar-refractivity contribution in [3.63, 3.8) is 0 Å². The first-order valence-corrected chi connectivity index (χ1v) is 6.61. The summed E-state index contributed by atoms with van der Waals surface area (Å²) in [5, 5.41) is 4.99. The van der Waals surface area contributed by atoms with Gasteiger partial charge in [0, 0.05) is 5.69 Å². The summed E-state index contributed by atoms with van der Waals surface area (Å²) in [6.07, 6.45) is -2.20. The molecular formula is C13H14ClF3N2O. The van der Waals surface area contributed by atoms with Gasteiger partial charge in [0.25, 0.3) is 0 Å². The van der Waals surface area contributed by atoms with Crippen LogP contribution in [0.1, 0.15) is 18.4 Å². The quantitative estimate of drug-likeness (QED) is 0.876. The number of benzene rings is 1. The van der Waals surface area contributed by atoms with Gasteiger partial charge in [0.2, 0.25) is 5.91 Å². The van der Waals surface area contributed by atoms with Crippen LogP contribution in [0.3, 0.4) is 0 Å². The fourth-order valence-electron chi connectivity index (χ4n) is 1.74. The molecule has 7 heteroatoms. The maximum atomic E-state index is 12.7. The molecule has 2 N–H and O–H groups in total. The number of hydrogen-bond acceptors (Lipinski definition) is 2. The number of halogens is 4. The molecule has 0 heterocycles. The lowest BCUT2D eigenvalue weighted by atomic mass is 10.2. The van der Waals surface area contributed by atoms with Crippen LogP contribution in [0, 0.1) is 5.92 Å². The first-order chi connectivity index (χ1) is 9.36. The molecule has 1 aromatic rings. The molecule has 0 aliphatic heterocycles. The van der Waals surface area contributed by atoms with Crippen LogP contribution < -0.4 is 10.6 Å². The summed E-state index contributed by atoms with van der Waals surface area (Å²) < 4.78 is 38.0. The predicted octanol–water partition coefficient (Wildman–Crippen LogP) is 3.30. The lowest BCUT2D eigenvalue weighted by molar-refractivity contribution is -0.137. The minimum Gasteiger partial charge on any atom is -0.325 e. The maximum absolute atomic E-state index is 12.7. The summed E-state index contributed by atoms with van der Waals surface area (Å²) in [7, 11) is 0. The minimum atomic E-state index is -4.54. The summed E-state index contributed by atoms with van der Waals surface area (Å²) in [4.78, 5) is 11.6. The molecule has 0 unspecified atom stereocenters. The number of anilines is 1. The van der Waals surface area contributed by atoms with Crippen molar-refractivity contribution in [2.45, 2.75) is 19.0 Å². The van der Waals surface area contributed by atoms with Crippen molar-refractivity contribution < 1.29 is 18.0 Å². The lowest BCUT2D eigenvalue weighted by Crippen LogP contribution is -2.29. The number of alkyl halides is 3. The van der Waals surface area contributed by atoms with E-state index in [1.807, 2.05) is 0 Å². The standard InChI is InChI=1S/C13H14ClF3N2O/c14-11-4-3-9(5-10(11)13(15,16)17)19-12(20)7-18-6-8-1-2-8/h3-5,8,18H,1-2,6-7H2,(H,19,20). The van der Waals surface area contributed by atoms with E-state index in [2.05, 4.69) is 10.6 Å². The summed E-state index contributed by atoms with van der Waals surface area (Å²) in [6.45, 7) is 0.850. The van der Waals surface area contributed by atoms with Gasteiger partial charge >= 0.3 is 6.18 Å². The molecule has 2 rings (SSSR count). The van der Waals surface area contributed by atoms with Crippen LogP contribution in [0.2, 0.25) is 5.02 Å². The Morgan fingerprint density at radius 2 is 2.05 bits per heavy atom. The van der Waals surface area contributed by atoms with Gasteiger partial charge in [-0.1, -0.05) is 11.6 Å². The molecule has 1 fully saturated rings. The van der Waals surface area contributed by atoms with Gasteiger partial charge in [0.15, 0.2) is 0 Å². The van der Waals surface area contributed by atoms with Gasteiger partial charge in [-0.25, -0.2) is 0 Å². The molecule has 0 saturated heterocycles. The van der Waals surface area contributed by atoms with Crippen LogP contribution in [0.25, 0.3) is 0 Å². The molecule has 0 atom stereocenters. The van der Waals surface area contributed by atoms with Crippen LogP contribution in [0.5, 0.6) is 0 Å². The Kier molecular flexibility index (Phi) is 4.55. The zero-order valence-electron chi connectivity index (χ0n) is 10.6. The predicted molar refractivity (Wildman–Crippen MR) is 70.7 cm³/mol. The van der Waals surface area contributed by atoms with Gasteiger partial charge in [-0.3, -0.25) is 4.79 Å². The Morgan fingerprint density at radius 3 is 2.65 bits per heavy atom. The Labute approximate surface area is 119 Å². The van der Waals surface area contributed by atoms with E-state index in [1.54, 1.807) is 0 Å². The molecule has 0 radical (unpaired) electrons. The Hall–Kier alpha value is -1.27. The molecule has 3 nitrogen and oxygen atoms in total. The van der Waals surface area contributed by atoms with E-state index in [4.69, 9.17) is 11.6 Å². The normalized spacial score (nSPS) is 15.2. The molecule has 0 bridgehead atoms. The largest absolute Gasteiger partial charge is 0.417 e. The summed E-state index contributed by atoms with van der Waals surface area (Å²) >= 11 is 5.50. The van der Waals surface area contributed by atoms with Crippen LogP contribution in [0.15, 0.2) is 18.2 Å². The summed E-state index contributed by atoms with van der Waals surface area (Å²) in [5.41, 5.74) is -0.872. The molecule has 1 amide bonds. The van der Waals surface area contributed by atoms with Crippen molar-refractivity contribution in [2.24, 2.45) is 5.92 Å². The highest BCUT2D eigenvalue weighted by Crippen LogP contribution is 2.36. The van der Waals surface area contributed by atoms with Gasteiger partial charge in [-0.15, -0.1) is 0 Å². The van der Waals surface area contributed by atoms with E-state index in [1.165, 1.54) is 18.9 Å². The molecule has 1 aliphatic carbocycles. The van der Waals surface area contributed by atoms with Gasteiger partial charge in [0.1, 0.15) is 0 Å². The highest BCUT2D eigenvalue weighted by atomic mass is 35.5. The van der Waals surface area contributed by atoms with Crippen molar-refractivity contribution in [3.8, 4) is 0 Å². The average molecular weight is 307 g/mol. The molecule has 0 spiro atoms. The lowest BCUT2D eigenvalue weighted by Gasteiger charge is -2.12. The van der Waals surface area contributed by atoms with Crippen molar-refractivity contribution in [3.05, 3.63) is 28.8 Å². The van der Waals surface area contributed by atoms with E-state index in [9.17, 15) is 18.0 Å². The first kappa shape index (κ1) is 15.1. The smallest absolute Gasteiger partial charge is 0.325 e. The van der Waals surface area contributed by atoms with E-state index in [0.29, 0.717) is 5.92 Å². The van der Waals surface area contributed by atoms with Gasteiger partial charge in [-0.05, 0) is 43.5 Å². The molecule has 20 heavy (non-hydrogen) atoms. The second-order valence-electron chi connectivity index (χ2n) is 4.81. The van der Waals surface area contributed by atoms with Crippen molar-refractivity contribution >= 4 is 23.2 Å². The number of rotatable bonds is 5. The van der Waals surface area contributed by atoms with Crippen LogP contribution in [-0.4, -0.2) is 19.0 Å². The summed E-state index contributed by atoms with van der Waals surface area (Å²) in [5.74, 6) is 0.260. The average Bonchev–Trinajstić information content (AvgIpc) is 3.14. The zero-order valence-corrected chi connectivity index (χ0v) is 11.3. The van der Waals surface area contributed by atoms with E-state index in [-0.39, 0.29) is 23.2 Å². The van der Waals surface area contributed by atoms with Crippen molar-refractivity contribution in [1.29, 1.82) is 0 Å². The fraction of sp³-hybridized carbons (Fsp3) is 0.462. The molecule has 110 valence electrons. The maximum Gasteiger partial charge on any atom is 0.417 e. The highest BCUT2D eigenvalue weighted by molar-refractivity contribution is 6.31. The SMILES string of the molecule is O=C(CNCC1CC1)Nc1ccc(Cl)c(C(F)(F)F)c1. The van der Waals surface area contributed by atoms with Crippen LogP contribution in [0.4, 0.5) is 18.9 Å². The van der Waals surface area contributed by atoms with E-state index < -0.39 is 11.7 Å². The topological polar surface area (TPSA) is 41.1 Å². The second kappa shape index (κ2) is 6.01. The monoisotopic (exact) mass is 306 g/mol. The minimum absolute atomic E-state index is 0.0833. The van der Waals surface area contributed by atoms with E-state index in [0.717, 1.165) is 18.7 Å². The first-order valence-electron chi connectivity index (χ1n) is 6.23. The molecule has 0 aromatic heterocycles. The number of nitrogens with one attached hydrogen (secondary N) is 2. The molecular weight excluding hydrogens is 293 g/mol. The van der Waals surface area contributed by atoms with Crippen molar-refractivity contribution in [1.82, 2.24) is 5.32 Å². The molecule has 1 saturated carbocycles. The third-order valence-corrected chi connectivity index (χ3v) is 3.30. The highest BCUT2D eigenvalue weighted by Gasteiger charge is 2.33. The summed E-state index contributed by atoms with van der Waals surface area (Å²) in [6, 6.07) is 3.30. The number of carbonyl (C=O) groups is 1. The van der Waals surface area contributed by atoms with Gasteiger partial charge < -0.3 is 10.6 Å². The van der Waals surface area contributed by atoms with Gasteiger partial charge in [0.05, 0.1) is 17.1 Å². The number of carbonyl (C=O) groups excluding carboxylic acids is 1. The number of hydrogen-bond donors (Lipinski definition) is 2. The van der Waals surface area contributed by atoms with Gasteiger partial charge in [-0.2, -0.15) is 13.2 Å². The van der Waals surface area contributed by atoms with Crippen molar-refractivity contribution in [2.75, 3.05) is 18.4 Å². The van der Waals surface area contributed by atoms with Crippen LogP contribution >= 0.6 is 11.6 Å². The van der Waals surface area contributed by atoms with E-state index >= 15 is 0 Å². The van der Waals surface area contributed by atoms with Crippen LogP contribution in [-0.2, 0) is 11.0 Å². The second-order valence-corrected chi connectivity index (χ2v) is 5.22. The third kappa shape index (κ3) is 4.38. The third-order valence-electron chi connectivity index (χ3n) is 2.97. The Morgan fingerprint density at radius 1 is 1.35 bits per heavy atom. The Balaban J connectivity index is 1.92.